The molecule has 0 aromatic carbocycles. The molecule has 0 aliphatic carbocycles. The number of hydrogen-bond acceptors (Lipinski definition) is 3. The van der Waals surface area contributed by atoms with Gasteiger partial charge in [0.25, 0.3) is 5.91 Å². The van der Waals surface area contributed by atoms with E-state index in [0.29, 0.717) is 0 Å². The molecule has 0 spiro atoms. The van der Waals surface area contributed by atoms with Crippen LogP contribution in [0.25, 0.3) is 0 Å². The van der Waals surface area contributed by atoms with Crippen LogP contribution < -0.4 is 5.73 Å². The van der Waals surface area contributed by atoms with Crippen LogP contribution >= 0.6 is 0 Å². The van der Waals surface area contributed by atoms with E-state index in [0.717, 1.165) is 51.9 Å². The van der Waals surface area contributed by atoms with Crippen LogP contribution in [0.4, 0.5) is 0 Å². The molecular formula is C12H22N2O2. The van der Waals surface area contributed by atoms with E-state index in [1.54, 1.807) is 0 Å². The van der Waals surface area contributed by atoms with Gasteiger partial charge in [0.2, 0.25) is 0 Å². The molecule has 2 heterocycles. The zero-order valence-electron chi connectivity index (χ0n) is 10.1. The Morgan fingerprint density at radius 3 is 2.69 bits per heavy atom. The summed E-state index contributed by atoms with van der Waals surface area (Å²) < 4.78 is 5.43. The van der Waals surface area contributed by atoms with E-state index in [4.69, 9.17) is 10.5 Å². The lowest BCUT2D eigenvalue weighted by molar-refractivity contribution is -0.143. The Bertz CT molecular complexity index is 254. The van der Waals surface area contributed by atoms with Gasteiger partial charge in [-0.1, -0.05) is 6.92 Å². The van der Waals surface area contributed by atoms with Gasteiger partial charge in [0.05, 0.1) is 0 Å². The average molecular weight is 226 g/mol. The van der Waals surface area contributed by atoms with Crippen molar-refractivity contribution in [3.8, 4) is 0 Å². The summed E-state index contributed by atoms with van der Waals surface area (Å²) in [4.78, 5) is 14.0. The Labute approximate surface area is 97.1 Å². The van der Waals surface area contributed by atoms with Crippen LogP contribution in [0.1, 0.15) is 32.6 Å². The molecular weight excluding hydrogens is 204 g/mol. The monoisotopic (exact) mass is 226 g/mol. The maximum absolute atomic E-state index is 12.1. The summed E-state index contributed by atoms with van der Waals surface area (Å²) in [6.07, 6.45) is 3.78. The van der Waals surface area contributed by atoms with E-state index in [1.807, 2.05) is 4.90 Å². The zero-order valence-corrected chi connectivity index (χ0v) is 10.1. The van der Waals surface area contributed by atoms with Crippen molar-refractivity contribution >= 4 is 5.91 Å². The Kier molecular flexibility index (Phi) is 3.50. The molecule has 1 unspecified atom stereocenters. The quantitative estimate of drug-likeness (QED) is 0.756. The number of hydrogen-bond donors (Lipinski definition) is 1. The van der Waals surface area contributed by atoms with Gasteiger partial charge >= 0.3 is 0 Å². The second kappa shape index (κ2) is 4.72. The van der Waals surface area contributed by atoms with Crippen LogP contribution in [0.3, 0.4) is 0 Å². The smallest absolute Gasteiger partial charge is 0.251 e. The van der Waals surface area contributed by atoms with Crippen LogP contribution in [-0.4, -0.2) is 43.2 Å². The highest BCUT2D eigenvalue weighted by Crippen LogP contribution is 2.30. The zero-order chi connectivity index (χ0) is 11.6. The molecule has 0 radical (unpaired) electrons. The van der Waals surface area contributed by atoms with Crippen LogP contribution in [0.2, 0.25) is 0 Å². The van der Waals surface area contributed by atoms with E-state index in [-0.39, 0.29) is 17.4 Å². The Morgan fingerprint density at radius 2 is 2.19 bits per heavy atom. The number of nitrogens with two attached hydrogens (primary N) is 1. The minimum Gasteiger partial charge on any atom is -0.368 e. The molecule has 2 aliphatic heterocycles. The van der Waals surface area contributed by atoms with Gasteiger partial charge in [-0.05, 0) is 37.6 Å². The first kappa shape index (κ1) is 11.9. The second-order valence-electron chi connectivity index (χ2n) is 5.34. The van der Waals surface area contributed by atoms with Gasteiger partial charge in [0.15, 0.2) is 0 Å². The summed E-state index contributed by atoms with van der Waals surface area (Å²) in [5.41, 5.74) is 5.98. The summed E-state index contributed by atoms with van der Waals surface area (Å²) in [5.74, 6) is 0.191. The van der Waals surface area contributed by atoms with Gasteiger partial charge in [-0.15, -0.1) is 0 Å². The summed E-state index contributed by atoms with van der Waals surface area (Å²) in [6, 6.07) is 0. The summed E-state index contributed by atoms with van der Waals surface area (Å²) >= 11 is 0. The Morgan fingerprint density at radius 1 is 1.50 bits per heavy atom. The standard InChI is InChI=1S/C12H22N2O2/c1-12(9-13)4-6-14(7-5-12)11(15)10-3-2-8-16-10/h10H,2-9,13H2,1H3. The van der Waals surface area contributed by atoms with Crippen molar-refractivity contribution in [1.29, 1.82) is 0 Å². The van der Waals surface area contributed by atoms with Gasteiger partial charge in [-0.3, -0.25) is 4.79 Å². The van der Waals surface area contributed by atoms with Crippen LogP contribution in [0, 0.1) is 5.41 Å². The topological polar surface area (TPSA) is 55.6 Å². The molecule has 16 heavy (non-hydrogen) atoms. The number of carbonyl (C=O) groups is 1. The van der Waals surface area contributed by atoms with E-state index in [9.17, 15) is 4.79 Å². The van der Waals surface area contributed by atoms with Crippen molar-refractivity contribution in [2.75, 3.05) is 26.2 Å². The third kappa shape index (κ3) is 2.38. The number of rotatable bonds is 2. The first-order chi connectivity index (χ1) is 7.64. The number of carbonyl (C=O) groups excluding carboxylic acids is 1. The summed E-state index contributed by atoms with van der Waals surface area (Å²) in [7, 11) is 0. The number of likely N-dealkylation sites (tertiary alicyclic amines) is 1. The minimum absolute atomic E-state index is 0.165. The first-order valence-corrected chi connectivity index (χ1v) is 6.25. The first-order valence-electron chi connectivity index (χ1n) is 6.25. The van der Waals surface area contributed by atoms with E-state index < -0.39 is 0 Å². The van der Waals surface area contributed by atoms with Crippen LogP contribution in [0.15, 0.2) is 0 Å². The van der Waals surface area contributed by atoms with Crippen molar-refractivity contribution in [2.24, 2.45) is 11.1 Å². The fourth-order valence-corrected chi connectivity index (χ4v) is 2.45. The molecule has 4 nitrogen and oxygen atoms in total. The van der Waals surface area contributed by atoms with Crippen molar-refractivity contribution in [1.82, 2.24) is 4.90 Å². The summed E-state index contributed by atoms with van der Waals surface area (Å²) in [5, 5.41) is 0. The lowest BCUT2D eigenvalue weighted by Crippen LogP contribution is -2.47. The van der Waals surface area contributed by atoms with E-state index in [2.05, 4.69) is 6.92 Å². The fourth-order valence-electron chi connectivity index (χ4n) is 2.45. The number of ether oxygens (including phenoxy) is 1. The molecule has 2 fully saturated rings. The molecule has 92 valence electrons. The van der Waals surface area contributed by atoms with Gasteiger partial charge in [0.1, 0.15) is 6.10 Å². The molecule has 0 bridgehead atoms. The molecule has 2 aliphatic rings. The molecule has 2 saturated heterocycles. The van der Waals surface area contributed by atoms with Crippen molar-refractivity contribution < 1.29 is 9.53 Å². The normalized spacial score (nSPS) is 29.4. The lowest BCUT2D eigenvalue weighted by Gasteiger charge is -2.39. The fraction of sp³-hybridized carbons (Fsp3) is 0.917. The highest BCUT2D eigenvalue weighted by molar-refractivity contribution is 5.81. The molecule has 2 rings (SSSR count). The molecule has 1 atom stereocenters. The largest absolute Gasteiger partial charge is 0.368 e. The molecule has 4 heteroatoms. The van der Waals surface area contributed by atoms with Gasteiger partial charge in [0, 0.05) is 19.7 Å². The highest BCUT2D eigenvalue weighted by atomic mass is 16.5. The average Bonchev–Trinajstić information content (AvgIpc) is 2.83. The Hall–Kier alpha value is -0.610. The maximum atomic E-state index is 12.1. The predicted octanol–water partition coefficient (Wildman–Crippen LogP) is 0.753. The molecule has 2 N–H and O–H groups in total. The van der Waals surface area contributed by atoms with Crippen molar-refractivity contribution in [2.45, 2.75) is 38.7 Å². The van der Waals surface area contributed by atoms with Gasteiger partial charge in [-0.25, -0.2) is 0 Å². The molecule has 0 aromatic heterocycles. The van der Waals surface area contributed by atoms with E-state index in [1.165, 1.54) is 0 Å². The Balaban J connectivity index is 1.86. The van der Waals surface area contributed by atoms with Crippen LogP contribution in [0.5, 0.6) is 0 Å². The molecule has 1 amide bonds. The number of nitrogens with zero attached hydrogens (tertiary/aromatic N) is 1. The van der Waals surface area contributed by atoms with Crippen LogP contribution in [-0.2, 0) is 9.53 Å². The minimum atomic E-state index is -0.165. The SMILES string of the molecule is CC1(CN)CCN(C(=O)C2CCCO2)CC1. The number of amides is 1. The predicted molar refractivity (Wildman–Crippen MR) is 61.9 cm³/mol. The highest BCUT2D eigenvalue weighted by Gasteiger charge is 2.34. The molecule has 0 saturated carbocycles. The third-order valence-corrected chi connectivity index (χ3v) is 3.98. The van der Waals surface area contributed by atoms with E-state index >= 15 is 0 Å². The lowest BCUT2D eigenvalue weighted by atomic mass is 9.80. The van der Waals surface area contributed by atoms with Crippen molar-refractivity contribution in [3.05, 3.63) is 0 Å². The van der Waals surface area contributed by atoms with Gasteiger partial charge in [-0.2, -0.15) is 0 Å². The maximum Gasteiger partial charge on any atom is 0.251 e. The summed E-state index contributed by atoms with van der Waals surface area (Å²) in [6.45, 7) is 5.35. The van der Waals surface area contributed by atoms with Crippen molar-refractivity contribution in [3.63, 3.8) is 0 Å². The molecule has 0 aromatic rings. The second-order valence-corrected chi connectivity index (χ2v) is 5.34. The van der Waals surface area contributed by atoms with Gasteiger partial charge < -0.3 is 15.4 Å². The third-order valence-electron chi connectivity index (χ3n) is 3.98. The number of piperidine rings is 1.